The Morgan fingerprint density at radius 3 is 2.48 bits per heavy atom. The molecule has 1 N–H and O–H groups in total. The van der Waals surface area contributed by atoms with Crippen molar-refractivity contribution in [3.8, 4) is 0 Å². The second-order valence-electron chi connectivity index (χ2n) is 20.5. The van der Waals surface area contributed by atoms with Gasteiger partial charge in [-0.1, -0.05) is 65.8 Å². The monoisotopic (exact) mass is 754 g/mol. The van der Waals surface area contributed by atoms with Crippen LogP contribution in [0.15, 0.2) is 36.4 Å². The molecule has 294 valence electrons. The fourth-order valence-corrected chi connectivity index (χ4v) is 15.4. The van der Waals surface area contributed by atoms with E-state index in [1.807, 2.05) is 13.8 Å². The van der Waals surface area contributed by atoms with E-state index in [2.05, 4.69) is 109 Å². The van der Waals surface area contributed by atoms with E-state index < -0.39 is 15.6 Å². The van der Waals surface area contributed by atoms with Crippen LogP contribution in [0.4, 0.5) is 0 Å². The van der Waals surface area contributed by atoms with Gasteiger partial charge >= 0.3 is 0 Å². The Balaban J connectivity index is 1.27. The Bertz CT molecular complexity index is 2150. The summed E-state index contributed by atoms with van der Waals surface area (Å²) in [4.78, 5) is 15.1. The largest absolute Gasteiger partial charge is 0.365 e. The predicted octanol–water partition coefficient (Wildman–Crippen LogP) is 10.6. The first-order valence-corrected chi connectivity index (χ1v) is 22.7. The SMILES string of the molecule is C=C(C)[C@H]1C(=O)c2c3c(cc4c5c(n1c24)[C@@]1(C)C(CC[C@H]2[C@](C)(/C=C/CC(C)NS(=O)(=O)CCC)[C@@H](C)CC[C@@]21C)C5)C1=CC(C)(C)OC(C)(C)C1[C@@H]3C. The zero-order valence-corrected chi connectivity index (χ0v) is 36.0. The second kappa shape index (κ2) is 12.0. The molecule has 2 aliphatic heterocycles. The average molecular weight is 755 g/mol. The fraction of sp³-hybridized carbons (Fsp3) is 0.681. The summed E-state index contributed by atoms with van der Waals surface area (Å²) in [5.41, 5.74) is 8.92. The van der Waals surface area contributed by atoms with E-state index in [1.54, 1.807) is 0 Å². The number of ketones is 1. The molecule has 0 radical (unpaired) electrons. The third-order valence-electron chi connectivity index (χ3n) is 16.3. The van der Waals surface area contributed by atoms with Gasteiger partial charge in [-0.15, -0.1) is 0 Å². The van der Waals surface area contributed by atoms with Crippen molar-refractivity contribution in [3.05, 3.63) is 64.4 Å². The molecule has 10 atom stereocenters. The summed E-state index contributed by atoms with van der Waals surface area (Å²) in [7, 11) is -3.26. The van der Waals surface area contributed by atoms with E-state index in [9.17, 15) is 8.42 Å². The van der Waals surface area contributed by atoms with E-state index >= 15 is 4.79 Å². The number of rotatable bonds is 8. The Labute approximate surface area is 325 Å². The van der Waals surface area contributed by atoms with Crippen molar-refractivity contribution in [3.63, 3.8) is 0 Å². The number of hydrogen-bond donors (Lipinski definition) is 1. The zero-order chi connectivity index (χ0) is 39.3. The lowest BCUT2D eigenvalue weighted by atomic mass is 9.39. The molecule has 0 bridgehead atoms. The molecule has 2 saturated carbocycles. The number of hydrogen-bond acceptors (Lipinski definition) is 4. The van der Waals surface area contributed by atoms with Crippen LogP contribution in [0.5, 0.6) is 0 Å². The van der Waals surface area contributed by atoms with Gasteiger partial charge < -0.3 is 9.30 Å². The maximum atomic E-state index is 15.1. The van der Waals surface area contributed by atoms with Crippen LogP contribution in [0.25, 0.3) is 16.5 Å². The highest BCUT2D eigenvalue weighted by atomic mass is 32.2. The molecule has 6 aliphatic rings. The summed E-state index contributed by atoms with van der Waals surface area (Å²) in [6, 6.07) is 1.98. The van der Waals surface area contributed by atoms with Gasteiger partial charge in [-0.2, -0.15) is 0 Å². The number of allylic oxidation sites excluding steroid dienone is 2. The maximum absolute atomic E-state index is 15.1. The molecule has 7 heteroatoms. The first kappa shape index (κ1) is 38.4. The molecule has 0 amide bonds. The van der Waals surface area contributed by atoms with Gasteiger partial charge in [-0.25, -0.2) is 13.1 Å². The van der Waals surface area contributed by atoms with Crippen LogP contribution in [0, 0.1) is 34.5 Å². The van der Waals surface area contributed by atoms with Crippen LogP contribution in [-0.4, -0.2) is 41.8 Å². The van der Waals surface area contributed by atoms with Crippen LogP contribution >= 0.6 is 0 Å². The quantitative estimate of drug-likeness (QED) is 0.272. The number of benzene rings is 1. The molecule has 3 heterocycles. The van der Waals surface area contributed by atoms with Gasteiger partial charge in [0.2, 0.25) is 10.0 Å². The van der Waals surface area contributed by atoms with Crippen molar-refractivity contribution in [2.24, 2.45) is 34.5 Å². The molecule has 8 rings (SSSR count). The maximum Gasteiger partial charge on any atom is 0.211 e. The number of nitrogens with one attached hydrogen (secondary N) is 1. The molecule has 1 aromatic carbocycles. The van der Waals surface area contributed by atoms with E-state index in [-0.39, 0.29) is 57.3 Å². The minimum atomic E-state index is -3.26. The minimum Gasteiger partial charge on any atom is -0.365 e. The molecule has 1 aromatic heterocycles. The zero-order valence-electron chi connectivity index (χ0n) is 35.2. The number of ether oxygens (including phenoxy) is 1. The Morgan fingerprint density at radius 2 is 1.81 bits per heavy atom. The lowest BCUT2D eigenvalue weighted by Gasteiger charge is -2.65. The molecule has 2 fully saturated rings. The first-order valence-electron chi connectivity index (χ1n) is 21.1. The topological polar surface area (TPSA) is 77.4 Å². The molecule has 4 aliphatic carbocycles. The van der Waals surface area contributed by atoms with Crippen molar-refractivity contribution in [1.29, 1.82) is 0 Å². The number of aromatic nitrogens is 1. The van der Waals surface area contributed by atoms with Crippen molar-refractivity contribution in [2.75, 3.05) is 5.75 Å². The van der Waals surface area contributed by atoms with E-state index in [0.717, 1.165) is 35.9 Å². The lowest BCUT2D eigenvalue weighted by Crippen LogP contribution is -2.60. The van der Waals surface area contributed by atoms with Gasteiger partial charge in [0, 0.05) is 34.0 Å². The van der Waals surface area contributed by atoms with Crippen molar-refractivity contribution < 1.29 is 17.9 Å². The fourth-order valence-electron chi connectivity index (χ4n) is 14.0. The predicted molar refractivity (Wildman–Crippen MR) is 222 cm³/mol. The van der Waals surface area contributed by atoms with Crippen LogP contribution in [0.3, 0.4) is 0 Å². The highest BCUT2D eigenvalue weighted by molar-refractivity contribution is 7.89. The van der Waals surface area contributed by atoms with Crippen LogP contribution < -0.4 is 4.72 Å². The second-order valence-corrected chi connectivity index (χ2v) is 22.4. The number of carbonyl (C=O) groups is 1. The number of Topliss-reactive ketones (excluding diaryl/α,β-unsaturated/α-hetero) is 1. The smallest absolute Gasteiger partial charge is 0.211 e. The van der Waals surface area contributed by atoms with Crippen molar-refractivity contribution >= 4 is 32.3 Å². The minimum absolute atomic E-state index is 0.0127. The summed E-state index contributed by atoms with van der Waals surface area (Å²) in [6.45, 7) is 31.7. The standard InChI is InChI=1S/C47H66N2O4S/c1-14-22-54(51,52)48-28(5)16-15-20-45(11)27(4)19-21-46(12)35(45)18-17-30-23-33-32-24-31-34-25-43(7,8)53-44(9,10)38(34)29(6)36(31)37-40(32)49(42(33)47(30,46)13)39(26(2)3)41(37)50/h15,20,24-25,27-30,35,38-39,48H,2,14,16-19,21-23H2,1,3-13H3/b20-15+/t27-,28?,29+,30?,35-,38?,39-,45+,46-,47+/m0/s1. The molecule has 2 aromatic rings. The Morgan fingerprint density at radius 1 is 1.11 bits per heavy atom. The van der Waals surface area contributed by atoms with E-state index in [1.165, 1.54) is 46.2 Å². The summed E-state index contributed by atoms with van der Waals surface area (Å²) >= 11 is 0. The van der Waals surface area contributed by atoms with E-state index in [4.69, 9.17) is 4.74 Å². The molecule has 3 unspecified atom stereocenters. The highest BCUT2D eigenvalue weighted by Crippen LogP contribution is 2.72. The molecule has 6 nitrogen and oxygen atoms in total. The van der Waals surface area contributed by atoms with Gasteiger partial charge in [0.25, 0.3) is 0 Å². The number of carbonyl (C=O) groups excluding carboxylic acids is 1. The summed E-state index contributed by atoms with van der Waals surface area (Å²) < 4.78 is 37.2. The van der Waals surface area contributed by atoms with Gasteiger partial charge in [-0.3, -0.25) is 4.79 Å². The van der Waals surface area contributed by atoms with E-state index in [0.29, 0.717) is 30.6 Å². The third-order valence-corrected chi connectivity index (χ3v) is 18.0. The van der Waals surface area contributed by atoms with Crippen LogP contribution in [0.1, 0.15) is 166 Å². The summed E-state index contributed by atoms with van der Waals surface area (Å²) in [5, 5.41) is 1.30. The Hall–Kier alpha value is -2.48. The third kappa shape index (κ3) is 5.01. The lowest BCUT2D eigenvalue weighted by molar-refractivity contribution is -0.127. The van der Waals surface area contributed by atoms with Crippen molar-refractivity contribution in [2.45, 2.75) is 163 Å². The Kier molecular flexibility index (Phi) is 8.55. The van der Waals surface area contributed by atoms with Gasteiger partial charge in [0.1, 0.15) is 6.04 Å². The van der Waals surface area contributed by atoms with Gasteiger partial charge in [0.05, 0.1) is 22.5 Å². The first-order chi connectivity index (χ1) is 25.0. The molecular formula is C47H66N2O4S. The number of fused-ring (bicyclic) bond motifs is 11. The van der Waals surface area contributed by atoms with Crippen LogP contribution in [-0.2, 0) is 26.6 Å². The molecular weight excluding hydrogens is 689 g/mol. The highest BCUT2D eigenvalue weighted by Gasteiger charge is 2.67. The number of sulfonamides is 1. The average Bonchev–Trinajstić information content (AvgIpc) is 3.71. The van der Waals surface area contributed by atoms with Gasteiger partial charge in [-0.05, 0) is 155 Å². The summed E-state index contributed by atoms with van der Waals surface area (Å²) in [5.74, 6) is 2.23. The molecule has 0 spiro atoms. The molecule has 0 saturated heterocycles. The number of nitrogens with zero attached hydrogens (tertiary/aromatic N) is 1. The normalized spacial score (nSPS) is 37.9. The van der Waals surface area contributed by atoms with Crippen LogP contribution in [0.2, 0.25) is 0 Å². The summed E-state index contributed by atoms with van der Waals surface area (Å²) in [6.07, 6.45) is 14.1. The molecule has 54 heavy (non-hydrogen) atoms. The van der Waals surface area contributed by atoms with Gasteiger partial charge in [0.15, 0.2) is 5.78 Å². The van der Waals surface area contributed by atoms with Crippen molar-refractivity contribution in [1.82, 2.24) is 9.29 Å².